The number of hydrogen-bond donors (Lipinski definition) is 2. The van der Waals surface area contributed by atoms with Gasteiger partial charge >= 0.3 is 11.9 Å². The molecular weight excluding hydrogens is 472 g/mol. The fraction of sp³-hybridized carbons (Fsp3) is 0.500. The van der Waals surface area contributed by atoms with Crippen molar-refractivity contribution in [1.82, 2.24) is 15.1 Å². The van der Waals surface area contributed by atoms with Crippen LogP contribution in [0.25, 0.3) is 0 Å². The molecule has 36 heavy (non-hydrogen) atoms. The van der Waals surface area contributed by atoms with E-state index in [4.69, 9.17) is 4.74 Å². The Labute approximate surface area is 207 Å². The van der Waals surface area contributed by atoms with Gasteiger partial charge in [0.1, 0.15) is 5.70 Å². The second kappa shape index (κ2) is 9.78. The number of esters is 2. The highest BCUT2D eigenvalue weighted by molar-refractivity contribution is 6.06. The highest BCUT2D eigenvalue weighted by atomic mass is 16.6. The first-order valence-electron chi connectivity index (χ1n) is 11.7. The van der Waals surface area contributed by atoms with E-state index in [-0.39, 0.29) is 34.8 Å². The number of nitro benzene ring substituents is 1. The first kappa shape index (κ1) is 25.5. The molecule has 12 heteroatoms. The topological polar surface area (TPSA) is 159 Å². The summed E-state index contributed by atoms with van der Waals surface area (Å²) in [6.07, 6.45) is -0.169. The second-order valence-corrected chi connectivity index (χ2v) is 9.53. The van der Waals surface area contributed by atoms with Crippen molar-refractivity contribution in [3.05, 3.63) is 51.2 Å². The number of carbonyl (C=O) groups is 4. The Morgan fingerprint density at radius 2 is 1.92 bits per heavy atom. The number of benzene rings is 1. The van der Waals surface area contributed by atoms with Crippen molar-refractivity contribution in [2.75, 3.05) is 19.6 Å². The molecule has 5 atom stereocenters. The van der Waals surface area contributed by atoms with E-state index in [1.54, 1.807) is 0 Å². The second-order valence-electron chi connectivity index (χ2n) is 9.53. The van der Waals surface area contributed by atoms with Crippen LogP contribution in [0.2, 0.25) is 0 Å². The molecule has 3 aliphatic rings. The SMILES string of the molecule is CC(=O)N[C@H]1CCN(CC2=C(C(=O)OC(=O)c3ccc([N+](=O)[O-])cc3)N3C(=O)[C@H]([C@@H](C)O)[C@H]3[C@H]2C)C1. The number of amides is 2. The number of rotatable bonds is 7. The van der Waals surface area contributed by atoms with E-state index in [9.17, 15) is 34.4 Å². The minimum atomic E-state index is -0.996. The fourth-order valence-corrected chi connectivity index (χ4v) is 5.38. The standard InChI is InChI=1S/C24H28N4O8/c1-12-18(11-26-9-8-16(10-26)25-14(3)30)21(27-20(12)19(13(2)29)22(27)31)24(33)36-23(32)15-4-6-17(7-5-15)28(34)35/h4-7,12-13,16,19-20,29H,8-11H2,1-3H3,(H,25,30)/t12-,13+,16-,19+,20+/m0/s1. The minimum absolute atomic E-state index is 0.00682. The van der Waals surface area contributed by atoms with Crippen molar-refractivity contribution in [1.29, 1.82) is 0 Å². The Balaban J connectivity index is 1.57. The van der Waals surface area contributed by atoms with Crippen LogP contribution in [0, 0.1) is 22.0 Å². The summed E-state index contributed by atoms with van der Waals surface area (Å²) < 4.78 is 5.10. The van der Waals surface area contributed by atoms with E-state index in [0.29, 0.717) is 25.2 Å². The van der Waals surface area contributed by atoms with Crippen LogP contribution in [0.1, 0.15) is 37.6 Å². The summed E-state index contributed by atoms with van der Waals surface area (Å²) in [5.74, 6) is -3.46. The largest absolute Gasteiger partial charge is 0.393 e. The number of fused-ring (bicyclic) bond motifs is 1. The smallest absolute Gasteiger partial charge is 0.362 e. The lowest BCUT2D eigenvalue weighted by Gasteiger charge is -2.46. The molecule has 12 nitrogen and oxygen atoms in total. The lowest BCUT2D eigenvalue weighted by atomic mass is 9.77. The minimum Gasteiger partial charge on any atom is -0.393 e. The van der Waals surface area contributed by atoms with Crippen molar-refractivity contribution in [3.8, 4) is 0 Å². The van der Waals surface area contributed by atoms with Crippen LogP contribution >= 0.6 is 0 Å². The monoisotopic (exact) mass is 500 g/mol. The third-order valence-corrected chi connectivity index (χ3v) is 7.08. The maximum atomic E-state index is 13.2. The van der Waals surface area contributed by atoms with E-state index in [1.807, 2.05) is 6.92 Å². The number of nitro groups is 1. The Kier molecular flexibility index (Phi) is 6.92. The number of likely N-dealkylation sites (tertiary alicyclic amines) is 1. The molecule has 0 aromatic heterocycles. The zero-order chi connectivity index (χ0) is 26.3. The van der Waals surface area contributed by atoms with Crippen LogP contribution < -0.4 is 5.32 Å². The number of hydrogen-bond acceptors (Lipinski definition) is 9. The Hall–Kier alpha value is -3.64. The van der Waals surface area contributed by atoms with Crippen molar-refractivity contribution in [2.45, 2.75) is 45.4 Å². The Morgan fingerprint density at radius 3 is 2.50 bits per heavy atom. The zero-order valence-corrected chi connectivity index (χ0v) is 20.2. The molecule has 1 aromatic carbocycles. The summed E-state index contributed by atoms with van der Waals surface area (Å²) in [7, 11) is 0. The Bertz CT molecular complexity index is 1150. The van der Waals surface area contributed by atoms with Gasteiger partial charge in [0.25, 0.3) is 5.69 Å². The van der Waals surface area contributed by atoms with Crippen LogP contribution in [0.3, 0.4) is 0 Å². The van der Waals surface area contributed by atoms with E-state index in [2.05, 4.69) is 10.2 Å². The molecule has 0 saturated carbocycles. The van der Waals surface area contributed by atoms with Crippen molar-refractivity contribution in [2.24, 2.45) is 11.8 Å². The molecule has 2 fully saturated rings. The molecular formula is C24H28N4O8. The number of aliphatic hydroxyl groups is 1. The van der Waals surface area contributed by atoms with Crippen LogP contribution in [-0.2, 0) is 19.1 Å². The molecule has 0 bridgehead atoms. The van der Waals surface area contributed by atoms with E-state index >= 15 is 0 Å². The lowest BCUT2D eigenvalue weighted by molar-refractivity contribution is -0.384. The van der Waals surface area contributed by atoms with E-state index < -0.39 is 40.8 Å². The van der Waals surface area contributed by atoms with E-state index in [1.165, 1.54) is 30.9 Å². The maximum absolute atomic E-state index is 13.2. The molecule has 2 saturated heterocycles. The summed E-state index contributed by atoms with van der Waals surface area (Å²) in [5, 5.41) is 23.9. The van der Waals surface area contributed by atoms with Gasteiger partial charge in [-0.15, -0.1) is 0 Å². The quantitative estimate of drug-likeness (QED) is 0.180. The zero-order valence-electron chi connectivity index (χ0n) is 20.2. The number of carbonyl (C=O) groups excluding carboxylic acids is 4. The molecule has 4 rings (SSSR count). The molecule has 3 heterocycles. The molecule has 2 amide bonds. The van der Waals surface area contributed by atoms with Crippen LogP contribution in [0.5, 0.6) is 0 Å². The fourth-order valence-electron chi connectivity index (χ4n) is 5.38. The summed E-state index contributed by atoms with van der Waals surface area (Å²) in [6.45, 7) is 6.42. The summed E-state index contributed by atoms with van der Waals surface area (Å²) in [6, 6.07) is 4.18. The maximum Gasteiger partial charge on any atom is 0.362 e. The van der Waals surface area contributed by atoms with E-state index in [0.717, 1.165) is 18.6 Å². The summed E-state index contributed by atoms with van der Waals surface area (Å²) >= 11 is 0. The number of non-ortho nitro benzene ring substituents is 1. The van der Waals surface area contributed by atoms with Crippen LogP contribution in [0.4, 0.5) is 5.69 Å². The highest BCUT2D eigenvalue weighted by Crippen LogP contribution is 2.47. The van der Waals surface area contributed by atoms with Gasteiger partial charge in [-0.1, -0.05) is 6.92 Å². The summed E-state index contributed by atoms with van der Waals surface area (Å²) in [4.78, 5) is 63.7. The third kappa shape index (κ3) is 4.61. The predicted octanol–water partition coefficient (Wildman–Crippen LogP) is 0.600. The van der Waals surface area contributed by atoms with Crippen molar-refractivity contribution < 1.29 is 33.9 Å². The molecule has 0 radical (unpaired) electrons. The number of nitrogens with one attached hydrogen (secondary N) is 1. The number of ether oxygens (including phenoxy) is 1. The van der Waals surface area contributed by atoms with Crippen molar-refractivity contribution in [3.63, 3.8) is 0 Å². The van der Waals surface area contributed by atoms with Gasteiger partial charge in [0.2, 0.25) is 11.8 Å². The van der Waals surface area contributed by atoms with Gasteiger partial charge in [0.15, 0.2) is 0 Å². The van der Waals surface area contributed by atoms with Gasteiger partial charge in [0.05, 0.1) is 28.6 Å². The first-order valence-corrected chi connectivity index (χ1v) is 11.7. The van der Waals surface area contributed by atoms with Gasteiger partial charge in [0, 0.05) is 50.7 Å². The van der Waals surface area contributed by atoms with Crippen LogP contribution in [-0.4, -0.2) is 81.4 Å². The first-order chi connectivity index (χ1) is 17.0. The number of β-lactam (4-membered cyclic amide) rings is 1. The summed E-state index contributed by atoms with van der Waals surface area (Å²) in [5.41, 5.74) is 0.358. The van der Waals surface area contributed by atoms with Gasteiger partial charge in [-0.3, -0.25) is 24.6 Å². The van der Waals surface area contributed by atoms with Crippen molar-refractivity contribution >= 4 is 29.4 Å². The van der Waals surface area contributed by atoms with Gasteiger partial charge in [-0.05, 0) is 31.1 Å². The normalized spacial score (nSPS) is 26.3. The molecule has 0 aliphatic carbocycles. The average molecular weight is 501 g/mol. The predicted molar refractivity (Wildman–Crippen MR) is 124 cm³/mol. The van der Waals surface area contributed by atoms with Gasteiger partial charge in [-0.25, -0.2) is 9.59 Å². The molecule has 1 aromatic rings. The highest BCUT2D eigenvalue weighted by Gasteiger charge is 2.60. The third-order valence-electron chi connectivity index (χ3n) is 7.08. The average Bonchev–Trinajstić information content (AvgIpc) is 3.33. The lowest BCUT2D eigenvalue weighted by Crippen LogP contribution is -2.63. The molecule has 192 valence electrons. The molecule has 0 unspecified atom stereocenters. The van der Waals surface area contributed by atoms with Crippen LogP contribution in [0.15, 0.2) is 35.5 Å². The molecule has 3 aliphatic heterocycles. The molecule has 2 N–H and O–H groups in total. The molecule has 0 spiro atoms. The number of aliphatic hydroxyl groups excluding tert-OH is 1. The number of nitrogens with zero attached hydrogens (tertiary/aromatic N) is 3. The Morgan fingerprint density at radius 1 is 1.25 bits per heavy atom. The van der Waals surface area contributed by atoms with Gasteiger partial charge < -0.3 is 20.1 Å². The van der Waals surface area contributed by atoms with Gasteiger partial charge in [-0.2, -0.15) is 0 Å².